The normalized spacial score (nSPS) is 28.0. The van der Waals surface area contributed by atoms with Crippen molar-refractivity contribution >= 4 is 15.9 Å². The molecule has 2 nitrogen and oxygen atoms in total. The van der Waals surface area contributed by atoms with Crippen molar-refractivity contribution < 1.29 is 9.47 Å². The predicted octanol–water partition coefficient (Wildman–Crippen LogP) is 3.52. The van der Waals surface area contributed by atoms with Crippen molar-refractivity contribution in [3.8, 4) is 0 Å². The second kappa shape index (κ2) is 7.64. The summed E-state index contributed by atoms with van der Waals surface area (Å²) in [5.41, 5.74) is 0. The smallest absolute Gasteiger partial charge is 0.0704 e. The molecule has 0 bridgehead atoms. The Kier molecular flexibility index (Phi) is 6.86. The van der Waals surface area contributed by atoms with Crippen molar-refractivity contribution in [3.05, 3.63) is 0 Å². The Morgan fingerprint density at radius 1 is 1.13 bits per heavy atom. The molecular formula is C12H23BrO2. The number of hydrogen-bond donors (Lipinski definition) is 0. The zero-order chi connectivity index (χ0) is 11.1. The van der Waals surface area contributed by atoms with Crippen LogP contribution in [0.4, 0.5) is 0 Å². The lowest BCUT2D eigenvalue weighted by Crippen LogP contribution is -2.25. The molecule has 0 saturated heterocycles. The van der Waals surface area contributed by atoms with Gasteiger partial charge in [0, 0.05) is 4.83 Å². The fourth-order valence-corrected chi connectivity index (χ4v) is 2.64. The molecule has 1 aliphatic carbocycles. The molecule has 1 fully saturated rings. The number of hydrogen-bond acceptors (Lipinski definition) is 2. The lowest BCUT2D eigenvalue weighted by Gasteiger charge is -2.20. The highest BCUT2D eigenvalue weighted by molar-refractivity contribution is 9.09. The van der Waals surface area contributed by atoms with E-state index in [0.717, 1.165) is 6.61 Å². The monoisotopic (exact) mass is 278 g/mol. The molecule has 1 saturated carbocycles. The summed E-state index contributed by atoms with van der Waals surface area (Å²) in [5.74, 6) is 0. The first-order chi connectivity index (χ1) is 7.20. The zero-order valence-corrected chi connectivity index (χ0v) is 11.5. The van der Waals surface area contributed by atoms with E-state index in [0.29, 0.717) is 23.6 Å². The molecule has 1 rings (SSSR count). The number of rotatable bonds is 5. The molecule has 0 amide bonds. The van der Waals surface area contributed by atoms with Gasteiger partial charge in [-0.3, -0.25) is 0 Å². The van der Waals surface area contributed by atoms with Gasteiger partial charge in [0.15, 0.2) is 0 Å². The van der Waals surface area contributed by atoms with Crippen LogP contribution in [0.5, 0.6) is 0 Å². The van der Waals surface area contributed by atoms with Crippen molar-refractivity contribution in [2.24, 2.45) is 0 Å². The molecule has 2 atom stereocenters. The lowest BCUT2D eigenvalue weighted by molar-refractivity contribution is -0.0143. The second-order valence-electron chi connectivity index (χ2n) is 4.48. The minimum absolute atomic E-state index is 0.308. The Balaban J connectivity index is 2.12. The van der Waals surface area contributed by atoms with Crippen LogP contribution in [0.3, 0.4) is 0 Å². The summed E-state index contributed by atoms with van der Waals surface area (Å²) in [7, 11) is 0. The highest BCUT2D eigenvalue weighted by Gasteiger charge is 2.21. The van der Waals surface area contributed by atoms with E-state index in [2.05, 4.69) is 29.8 Å². The maximum atomic E-state index is 5.85. The van der Waals surface area contributed by atoms with Crippen LogP contribution < -0.4 is 0 Å². The molecule has 0 aromatic carbocycles. The summed E-state index contributed by atoms with van der Waals surface area (Å²) in [6.07, 6.45) is 7.12. The molecule has 0 radical (unpaired) electrons. The van der Waals surface area contributed by atoms with Crippen LogP contribution in [0, 0.1) is 0 Å². The van der Waals surface area contributed by atoms with Gasteiger partial charge in [-0.2, -0.15) is 0 Å². The number of alkyl halides is 1. The van der Waals surface area contributed by atoms with Gasteiger partial charge in [0.05, 0.1) is 25.4 Å². The molecule has 0 heterocycles. The van der Waals surface area contributed by atoms with Crippen molar-refractivity contribution in [2.45, 2.75) is 63.0 Å². The molecule has 0 aromatic heterocycles. The maximum Gasteiger partial charge on any atom is 0.0704 e. The molecule has 2 unspecified atom stereocenters. The van der Waals surface area contributed by atoms with E-state index in [9.17, 15) is 0 Å². The molecular weight excluding hydrogens is 256 g/mol. The van der Waals surface area contributed by atoms with Crippen LogP contribution in [-0.2, 0) is 9.47 Å². The molecule has 90 valence electrons. The first kappa shape index (κ1) is 13.5. The van der Waals surface area contributed by atoms with Gasteiger partial charge in [0.25, 0.3) is 0 Å². The van der Waals surface area contributed by atoms with Crippen molar-refractivity contribution in [1.82, 2.24) is 0 Å². The standard InChI is InChI=1S/C12H23BrO2/c1-10(2)14-8-9-15-12-7-5-3-4-6-11(12)13/h10-12H,3-9H2,1-2H3. The first-order valence-corrected chi connectivity index (χ1v) is 6.99. The molecule has 0 N–H and O–H groups in total. The summed E-state index contributed by atoms with van der Waals surface area (Å²) in [6, 6.07) is 0. The van der Waals surface area contributed by atoms with E-state index in [4.69, 9.17) is 9.47 Å². The highest BCUT2D eigenvalue weighted by Crippen LogP contribution is 2.25. The summed E-state index contributed by atoms with van der Waals surface area (Å²) in [6.45, 7) is 5.55. The third-order valence-corrected chi connectivity index (χ3v) is 3.79. The minimum atomic E-state index is 0.308. The average molecular weight is 279 g/mol. The fourth-order valence-electron chi connectivity index (χ4n) is 1.90. The van der Waals surface area contributed by atoms with Gasteiger partial charge in [-0.05, 0) is 26.7 Å². The molecule has 15 heavy (non-hydrogen) atoms. The SMILES string of the molecule is CC(C)OCCOC1CCCCCC1Br. The Hall–Kier alpha value is 0.400. The van der Waals surface area contributed by atoms with Crippen LogP contribution in [-0.4, -0.2) is 30.2 Å². The zero-order valence-electron chi connectivity index (χ0n) is 9.88. The Labute approximate surface area is 102 Å². The van der Waals surface area contributed by atoms with Crippen LogP contribution in [0.15, 0.2) is 0 Å². The van der Waals surface area contributed by atoms with E-state index < -0.39 is 0 Å². The van der Waals surface area contributed by atoms with E-state index in [1.807, 2.05) is 0 Å². The summed E-state index contributed by atoms with van der Waals surface area (Å²) in [5, 5.41) is 0. The Bertz CT molecular complexity index is 162. The third-order valence-electron chi connectivity index (χ3n) is 2.74. The minimum Gasteiger partial charge on any atom is -0.376 e. The van der Waals surface area contributed by atoms with Crippen molar-refractivity contribution in [1.29, 1.82) is 0 Å². The molecule has 3 heteroatoms. The highest BCUT2D eigenvalue weighted by atomic mass is 79.9. The molecule has 1 aliphatic rings. The van der Waals surface area contributed by atoms with Crippen LogP contribution in [0.25, 0.3) is 0 Å². The van der Waals surface area contributed by atoms with E-state index in [-0.39, 0.29) is 0 Å². The summed E-state index contributed by atoms with van der Waals surface area (Å²) >= 11 is 3.72. The van der Waals surface area contributed by atoms with Gasteiger partial charge >= 0.3 is 0 Å². The Morgan fingerprint density at radius 2 is 1.87 bits per heavy atom. The quantitative estimate of drug-likeness (QED) is 0.435. The van der Waals surface area contributed by atoms with E-state index in [1.54, 1.807) is 0 Å². The third kappa shape index (κ3) is 5.88. The predicted molar refractivity (Wildman–Crippen MR) is 66.6 cm³/mol. The van der Waals surface area contributed by atoms with E-state index in [1.165, 1.54) is 32.1 Å². The van der Waals surface area contributed by atoms with Crippen molar-refractivity contribution in [2.75, 3.05) is 13.2 Å². The number of ether oxygens (including phenoxy) is 2. The maximum absolute atomic E-state index is 5.85. The number of halogens is 1. The largest absolute Gasteiger partial charge is 0.376 e. The van der Waals surface area contributed by atoms with Crippen LogP contribution in [0.2, 0.25) is 0 Å². The van der Waals surface area contributed by atoms with Gasteiger partial charge in [0.2, 0.25) is 0 Å². The lowest BCUT2D eigenvalue weighted by atomic mass is 10.1. The van der Waals surface area contributed by atoms with Gasteiger partial charge in [-0.15, -0.1) is 0 Å². The Morgan fingerprint density at radius 3 is 2.60 bits per heavy atom. The summed E-state index contributed by atoms with van der Waals surface area (Å²) in [4.78, 5) is 0.541. The first-order valence-electron chi connectivity index (χ1n) is 6.07. The van der Waals surface area contributed by atoms with Gasteiger partial charge < -0.3 is 9.47 Å². The van der Waals surface area contributed by atoms with Crippen LogP contribution >= 0.6 is 15.9 Å². The van der Waals surface area contributed by atoms with Gasteiger partial charge in [-0.1, -0.05) is 35.2 Å². The van der Waals surface area contributed by atoms with Crippen molar-refractivity contribution in [3.63, 3.8) is 0 Å². The molecule has 0 aromatic rings. The average Bonchev–Trinajstić information content (AvgIpc) is 2.38. The second-order valence-corrected chi connectivity index (χ2v) is 5.66. The molecule has 0 spiro atoms. The molecule has 0 aliphatic heterocycles. The fraction of sp³-hybridized carbons (Fsp3) is 1.00. The summed E-state index contributed by atoms with van der Waals surface area (Å²) < 4.78 is 11.3. The van der Waals surface area contributed by atoms with Gasteiger partial charge in [0.1, 0.15) is 0 Å². The van der Waals surface area contributed by atoms with Crippen LogP contribution in [0.1, 0.15) is 46.0 Å². The van der Waals surface area contributed by atoms with Gasteiger partial charge in [-0.25, -0.2) is 0 Å². The topological polar surface area (TPSA) is 18.5 Å². The van der Waals surface area contributed by atoms with E-state index >= 15 is 0 Å².